The standard InChI is InChI=1S/C19H23N3O2.ClH/c1-19(2,3)22-18(24)14-9-11-16(12-10-14)21-17(23)13-20-15-7-5-4-6-8-15;/h4-12,20H,13H2,1-3H3,(H,21,23)(H,22,24);1H. The number of nitrogens with one attached hydrogen (secondary N) is 3. The zero-order chi connectivity index (χ0) is 17.6. The first-order valence-electron chi connectivity index (χ1n) is 7.85. The third kappa shape index (κ3) is 7.27. The molecule has 25 heavy (non-hydrogen) atoms. The van der Waals surface area contributed by atoms with Crippen LogP contribution in [0.25, 0.3) is 0 Å². The van der Waals surface area contributed by atoms with Crippen molar-refractivity contribution in [1.29, 1.82) is 0 Å². The van der Waals surface area contributed by atoms with Gasteiger partial charge >= 0.3 is 0 Å². The topological polar surface area (TPSA) is 70.2 Å². The second-order valence-corrected chi connectivity index (χ2v) is 6.55. The van der Waals surface area contributed by atoms with Crippen molar-refractivity contribution in [2.75, 3.05) is 17.2 Å². The van der Waals surface area contributed by atoms with E-state index < -0.39 is 0 Å². The Morgan fingerprint density at radius 2 is 1.48 bits per heavy atom. The number of benzene rings is 2. The number of amides is 2. The largest absolute Gasteiger partial charge is 0.376 e. The van der Waals surface area contributed by atoms with Gasteiger partial charge in [-0.1, -0.05) is 18.2 Å². The fourth-order valence-corrected chi connectivity index (χ4v) is 2.06. The summed E-state index contributed by atoms with van der Waals surface area (Å²) < 4.78 is 0. The minimum Gasteiger partial charge on any atom is -0.376 e. The molecule has 0 heterocycles. The van der Waals surface area contributed by atoms with E-state index in [1.54, 1.807) is 24.3 Å². The third-order valence-electron chi connectivity index (χ3n) is 3.15. The third-order valence-corrected chi connectivity index (χ3v) is 3.15. The van der Waals surface area contributed by atoms with Gasteiger partial charge in [-0.05, 0) is 57.2 Å². The van der Waals surface area contributed by atoms with Crippen molar-refractivity contribution < 1.29 is 9.59 Å². The number of carbonyl (C=O) groups excluding carboxylic acids is 2. The van der Waals surface area contributed by atoms with Gasteiger partial charge in [0, 0.05) is 22.5 Å². The fraction of sp³-hybridized carbons (Fsp3) is 0.263. The molecule has 0 aliphatic rings. The smallest absolute Gasteiger partial charge is 0.251 e. The van der Waals surface area contributed by atoms with Crippen LogP contribution < -0.4 is 16.0 Å². The summed E-state index contributed by atoms with van der Waals surface area (Å²) in [5, 5.41) is 8.74. The number of rotatable bonds is 5. The first-order valence-corrected chi connectivity index (χ1v) is 7.85. The summed E-state index contributed by atoms with van der Waals surface area (Å²) in [6.45, 7) is 5.97. The van der Waals surface area contributed by atoms with Crippen LogP contribution in [0, 0.1) is 0 Å². The van der Waals surface area contributed by atoms with E-state index in [-0.39, 0.29) is 36.3 Å². The summed E-state index contributed by atoms with van der Waals surface area (Å²) in [5.41, 5.74) is 1.82. The molecular weight excluding hydrogens is 338 g/mol. The van der Waals surface area contributed by atoms with Crippen molar-refractivity contribution in [3.05, 3.63) is 60.2 Å². The Bertz CT molecular complexity index is 695. The van der Waals surface area contributed by atoms with Crippen LogP contribution in [0.3, 0.4) is 0 Å². The van der Waals surface area contributed by atoms with Crippen molar-refractivity contribution in [2.45, 2.75) is 26.3 Å². The van der Waals surface area contributed by atoms with Crippen LogP contribution in [0.4, 0.5) is 11.4 Å². The summed E-state index contributed by atoms with van der Waals surface area (Å²) in [6, 6.07) is 16.4. The number of anilines is 2. The number of hydrogen-bond acceptors (Lipinski definition) is 3. The predicted octanol–water partition coefficient (Wildman–Crippen LogP) is 3.69. The lowest BCUT2D eigenvalue weighted by Gasteiger charge is -2.20. The molecule has 0 saturated carbocycles. The van der Waals surface area contributed by atoms with Gasteiger partial charge in [-0.2, -0.15) is 0 Å². The van der Waals surface area contributed by atoms with Gasteiger partial charge in [0.2, 0.25) is 5.91 Å². The Balaban J connectivity index is 0.00000312. The summed E-state index contributed by atoms with van der Waals surface area (Å²) in [6.07, 6.45) is 0. The van der Waals surface area contributed by atoms with E-state index in [1.807, 2.05) is 51.1 Å². The van der Waals surface area contributed by atoms with E-state index in [9.17, 15) is 9.59 Å². The minimum absolute atomic E-state index is 0. The molecule has 2 amide bonds. The van der Waals surface area contributed by atoms with Gasteiger partial charge in [-0.3, -0.25) is 9.59 Å². The molecule has 0 saturated heterocycles. The average Bonchev–Trinajstić information content (AvgIpc) is 2.53. The molecule has 0 aromatic heterocycles. The van der Waals surface area contributed by atoms with E-state index in [2.05, 4.69) is 16.0 Å². The highest BCUT2D eigenvalue weighted by Crippen LogP contribution is 2.11. The molecule has 0 bridgehead atoms. The van der Waals surface area contributed by atoms with E-state index in [1.165, 1.54) is 0 Å². The highest BCUT2D eigenvalue weighted by Gasteiger charge is 2.15. The van der Waals surface area contributed by atoms with Crippen molar-refractivity contribution >= 4 is 35.6 Å². The molecule has 0 unspecified atom stereocenters. The Morgan fingerprint density at radius 1 is 0.880 bits per heavy atom. The van der Waals surface area contributed by atoms with Crippen LogP contribution in [0.2, 0.25) is 0 Å². The van der Waals surface area contributed by atoms with E-state index >= 15 is 0 Å². The normalized spacial score (nSPS) is 10.4. The van der Waals surface area contributed by atoms with E-state index in [0.29, 0.717) is 11.3 Å². The average molecular weight is 362 g/mol. The van der Waals surface area contributed by atoms with Gasteiger partial charge in [0.05, 0.1) is 6.54 Å². The molecule has 134 valence electrons. The Hall–Kier alpha value is -2.53. The molecule has 0 spiro atoms. The van der Waals surface area contributed by atoms with Gasteiger partial charge in [0.1, 0.15) is 0 Å². The van der Waals surface area contributed by atoms with Crippen LogP contribution in [0.1, 0.15) is 31.1 Å². The van der Waals surface area contributed by atoms with Crippen LogP contribution in [0.5, 0.6) is 0 Å². The number of carbonyl (C=O) groups is 2. The summed E-state index contributed by atoms with van der Waals surface area (Å²) >= 11 is 0. The maximum Gasteiger partial charge on any atom is 0.251 e. The molecule has 0 aliphatic heterocycles. The summed E-state index contributed by atoms with van der Waals surface area (Å²) in [7, 11) is 0. The molecule has 2 aromatic carbocycles. The molecule has 0 radical (unpaired) electrons. The molecule has 6 heteroatoms. The van der Waals surface area contributed by atoms with E-state index in [4.69, 9.17) is 0 Å². The summed E-state index contributed by atoms with van der Waals surface area (Å²) in [4.78, 5) is 24.0. The molecular formula is C19H24ClN3O2. The fourth-order valence-electron chi connectivity index (χ4n) is 2.06. The molecule has 3 N–H and O–H groups in total. The van der Waals surface area contributed by atoms with Crippen molar-refractivity contribution in [3.8, 4) is 0 Å². The SMILES string of the molecule is CC(C)(C)NC(=O)c1ccc(NC(=O)CNc2ccccc2)cc1.Cl. The lowest BCUT2D eigenvalue weighted by Crippen LogP contribution is -2.40. The number of para-hydroxylation sites is 1. The first-order chi connectivity index (χ1) is 11.3. The molecule has 2 aromatic rings. The summed E-state index contributed by atoms with van der Waals surface area (Å²) in [5.74, 6) is -0.281. The lowest BCUT2D eigenvalue weighted by molar-refractivity contribution is -0.114. The van der Waals surface area contributed by atoms with Crippen LogP contribution in [-0.2, 0) is 4.79 Å². The monoisotopic (exact) mass is 361 g/mol. The molecule has 0 aliphatic carbocycles. The van der Waals surface area contributed by atoms with Crippen molar-refractivity contribution in [3.63, 3.8) is 0 Å². The predicted molar refractivity (Wildman–Crippen MR) is 104 cm³/mol. The minimum atomic E-state index is -0.285. The van der Waals surface area contributed by atoms with Crippen LogP contribution in [0.15, 0.2) is 54.6 Å². The second kappa shape index (κ2) is 9.08. The second-order valence-electron chi connectivity index (χ2n) is 6.55. The van der Waals surface area contributed by atoms with Gasteiger partial charge in [0.15, 0.2) is 0 Å². The van der Waals surface area contributed by atoms with Gasteiger partial charge in [-0.15, -0.1) is 12.4 Å². The van der Waals surface area contributed by atoms with Crippen molar-refractivity contribution in [2.24, 2.45) is 0 Å². The molecule has 5 nitrogen and oxygen atoms in total. The highest BCUT2D eigenvalue weighted by molar-refractivity contribution is 5.96. The molecule has 0 atom stereocenters. The van der Waals surface area contributed by atoms with Crippen LogP contribution >= 0.6 is 12.4 Å². The van der Waals surface area contributed by atoms with E-state index in [0.717, 1.165) is 5.69 Å². The van der Waals surface area contributed by atoms with Gasteiger partial charge in [-0.25, -0.2) is 0 Å². The molecule has 0 fully saturated rings. The number of hydrogen-bond donors (Lipinski definition) is 3. The Morgan fingerprint density at radius 3 is 2.04 bits per heavy atom. The first kappa shape index (κ1) is 20.5. The Kier molecular flexibility index (Phi) is 7.45. The quantitative estimate of drug-likeness (QED) is 0.760. The molecule has 2 rings (SSSR count). The maximum atomic E-state index is 12.0. The zero-order valence-electron chi connectivity index (χ0n) is 14.6. The van der Waals surface area contributed by atoms with Gasteiger partial charge < -0.3 is 16.0 Å². The number of halogens is 1. The maximum absolute atomic E-state index is 12.0. The zero-order valence-corrected chi connectivity index (χ0v) is 15.4. The highest BCUT2D eigenvalue weighted by atomic mass is 35.5. The Labute approximate surface area is 154 Å². The van der Waals surface area contributed by atoms with Crippen molar-refractivity contribution in [1.82, 2.24) is 5.32 Å². The van der Waals surface area contributed by atoms with Gasteiger partial charge in [0.25, 0.3) is 5.91 Å². The van der Waals surface area contributed by atoms with Crippen LogP contribution in [-0.4, -0.2) is 23.9 Å². The lowest BCUT2D eigenvalue weighted by atomic mass is 10.1.